The van der Waals surface area contributed by atoms with Crippen molar-refractivity contribution in [2.75, 3.05) is 23.7 Å². The van der Waals surface area contributed by atoms with Gasteiger partial charge in [0.15, 0.2) is 0 Å². The van der Waals surface area contributed by atoms with Gasteiger partial charge in [0, 0.05) is 13.6 Å². The van der Waals surface area contributed by atoms with Gasteiger partial charge in [0.2, 0.25) is 10.0 Å². The van der Waals surface area contributed by atoms with Gasteiger partial charge in [0.25, 0.3) is 0 Å². The molecule has 0 amide bonds. The Bertz CT molecular complexity index is 486. The number of benzene rings is 1. The molecule has 102 valence electrons. The molecule has 0 saturated carbocycles. The van der Waals surface area contributed by atoms with Crippen LogP contribution >= 0.6 is 0 Å². The fourth-order valence-electron chi connectivity index (χ4n) is 1.51. The molecule has 0 saturated heterocycles. The number of anilines is 1. The molecule has 1 aromatic carbocycles. The van der Waals surface area contributed by atoms with Crippen LogP contribution < -0.4 is 14.8 Å². The predicted octanol–water partition coefficient (Wildman–Crippen LogP) is 1.20. The Morgan fingerprint density at radius 1 is 1.33 bits per heavy atom. The molecule has 0 aliphatic rings. The predicted molar refractivity (Wildman–Crippen MR) is 73.5 cm³/mol. The number of hydrogen-bond acceptors (Lipinski definition) is 4. The first-order valence-corrected chi connectivity index (χ1v) is 7.41. The van der Waals surface area contributed by atoms with E-state index in [1.807, 2.05) is 19.9 Å². The van der Waals surface area contributed by atoms with Crippen molar-refractivity contribution in [1.82, 2.24) is 0 Å². The van der Waals surface area contributed by atoms with Crippen molar-refractivity contribution < 1.29 is 13.2 Å². The smallest absolute Gasteiger partial charge is 0.236 e. The first-order chi connectivity index (χ1) is 8.38. The van der Waals surface area contributed by atoms with Gasteiger partial charge in [-0.05, 0) is 26.0 Å². The lowest BCUT2D eigenvalue weighted by Crippen LogP contribution is -2.32. The molecule has 0 radical (unpaired) electrons. The van der Waals surface area contributed by atoms with Crippen LogP contribution in [0.5, 0.6) is 5.75 Å². The first kappa shape index (κ1) is 14.8. The van der Waals surface area contributed by atoms with Crippen LogP contribution in [-0.4, -0.2) is 33.9 Å². The van der Waals surface area contributed by atoms with Crippen molar-refractivity contribution in [3.05, 3.63) is 24.3 Å². The third kappa shape index (κ3) is 3.61. The maximum atomic E-state index is 12.0. The molecule has 0 heterocycles. The summed E-state index contributed by atoms with van der Waals surface area (Å²) in [6.45, 7) is 3.89. The van der Waals surface area contributed by atoms with Crippen molar-refractivity contribution in [3.8, 4) is 5.75 Å². The number of rotatable bonds is 6. The Balaban J connectivity index is 3.09. The molecular formula is C12H20N2O3S. The number of nitrogens with two attached hydrogens (primary N) is 1. The topological polar surface area (TPSA) is 72.6 Å². The summed E-state index contributed by atoms with van der Waals surface area (Å²) in [4.78, 5) is 0. The molecule has 18 heavy (non-hydrogen) atoms. The zero-order valence-electron chi connectivity index (χ0n) is 11.0. The molecule has 0 bridgehead atoms. The van der Waals surface area contributed by atoms with E-state index in [1.54, 1.807) is 18.2 Å². The van der Waals surface area contributed by atoms with Gasteiger partial charge in [0.1, 0.15) is 5.75 Å². The highest BCUT2D eigenvalue weighted by atomic mass is 32.2. The van der Waals surface area contributed by atoms with Crippen LogP contribution in [0.15, 0.2) is 24.3 Å². The Labute approximate surface area is 109 Å². The summed E-state index contributed by atoms with van der Waals surface area (Å²) < 4.78 is 30.7. The molecule has 0 aliphatic carbocycles. The van der Waals surface area contributed by atoms with Crippen LogP contribution in [0, 0.1) is 0 Å². The lowest BCUT2D eigenvalue weighted by molar-refractivity contribution is 0.243. The van der Waals surface area contributed by atoms with E-state index in [9.17, 15) is 8.42 Å². The third-order valence-corrected chi connectivity index (χ3v) is 4.14. The van der Waals surface area contributed by atoms with E-state index in [2.05, 4.69) is 0 Å². The highest BCUT2D eigenvalue weighted by Crippen LogP contribution is 2.29. The summed E-state index contributed by atoms with van der Waals surface area (Å²) in [6, 6.07) is 7.05. The highest BCUT2D eigenvalue weighted by molar-refractivity contribution is 7.92. The fraction of sp³-hybridized carbons (Fsp3) is 0.500. The zero-order valence-corrected chi connectivity index (χ0v) is 11.8. The van der Waals surface area contributed by atoms with E-state index >= 15 is 0 Å². The Kier molecular flexibility index (Phi) is 4.98. The normalized spacial score (nSPS) is 11.6. The highest BCUT2D eigenvalue weighted by Gasteiger charge is 2.20. The average molecular weight is 272 g/mol. The lowest BCUT2D eigenvalue weighted by Gasteiger charge is -2.22. The molecule has 0 spiro atoms. The van der Waals surface area contributed by atoms with Gasteiger partial charge in [-0.2, -0.15) is 0 Å². The Morgan fingerprint density at radius 2 is 1.94 bits per heavy atom. The molecular weight excluding hydrogens is 252 g/mol. The quantitative estimate of drug-likeness (QED) is 0.844. The molecule has 0 aromatic heterocycles. The summed E-state index contributed by atoms with van der Waals surface area (Å²) in [5.74, 6) is 0.468. The molecule has 1 aromatic rings. The van der Waals surface area contributed by atoms with E-state index in [0.717, 1.165) is 0 Å². The van der Waals surface area contributed by atoms with E-state index in [4.69, 9.17) is 10.5 Å². The summed E-state index contributed by atoms with van der Waals surface area (Å²) in [7, 11) is -1.89. The van der Waals surface area contributed by atoms with Gasteiger partial charge in [0.05, 0.1) is 17.5 Å². The largest absolute Gasteiger partial charge is 0.489 e. The molecule has 0 fully saturated rings. The number of nitrogens with zero attached hydrogens (tertiary/aromatic N) is 1. The van der Waals surface area contributed by atoms with Gasteiger partial charge >= 0.3 is 0 Å². The average Bonchev–Trinajstić information content (AvgIpc) is 2.28. The lowest BCUT2D eigenvalue weighted by atomic mass is 10.3. The van der Waals surface area contributed by atoms with E-state index in [0.29, 0.717) is 11.4 Å². The van der Waals surface area contributed by atoms with Gasteiger partial charge in [-0.3, -0.25) is 4.31 Å². The monoisotopic (exact) mass is 272 g/mol. The SMILES string of the molecule is CC(C)Oc1ccccc1N(C)S(=O)(=O)CCN. The first-order valence-electron chi connectivity index (χ1n) is 5.81. The van der Waals surface area contributed by atoms with Crippen molar-refractivity contribution in [1.29, 1.82) is 0 Å². The third-order valence-electron chi connectivity index (χ3n) is 2.36. The van der Waals surface area contributed by atoms with Crippen LogP contribution in [0.1, 0.15) is 13.8 Å². The van der Waals surface area contributed by atoms with Crippen molar-refractivity contribution >= 4 is 15.7 Å². The standard InChI is InChI=1S/C12H20N2O3S/c1-10(2)17-12-7-5-4-6-11(12)14(3)18(15,16)9-8-13/h4-7,10H,8-9,13H2,1-3H3. The molecule has 0 unspecified atom stereocenters. The summed E-state index contributed by atoms with van der Waals surface area (Å²) >= 11 is 0. The van der Waals surface area contributed by atoms with E-state index in [1.165, 1.54) is 11.4 Å². The number of hydrogen-bond donors (Lipinski definition) is 1. The van der Waals surface area contributed by atoms with Crippen LogP contribution in [0.2, 0.25) is 0 Å². The second kappa shape index (κ2) is 6.06. The molecule has 0 aliphatic heterocycles. The number of ether oxygens (including phenoxy) is 1. The van der Waals surface area contributed by atoms with Gasteiger partial charge in [-0.25, -0.2) is 8.42 Å². The van der Waals surface area contributed by atoms with Crippen LogP contribution in [0.25, 0.3) is 0 Å². The molecule has 0 atom stereocenters. The molecule has 2 N–H and O–H groups in total. The fourth-order valence-corrected chi connectivity index (χ4v) is 2.53. The maximum absolute atomic E-state index is 12.0. The Morgan fingerprint density at radius 3 is 2.50 bits per heavy atom. The number of para-hydroxylation sites is 2. The van der Waals surface area contributed by atoms with Crippen molar-refractivity contribution in [3.63, 3.8) is 0 Å². The van der Waals surface area contributed by atoms with Crippen molar-refractivity contribution in [2.24, 2.45) is 5.73 Å². The van der Waals surface area contributed by atoms with E-state index < -0.39 is 10.0 Å². The molecule has 6 heteroatoms. The van der Waals surface area contributed by atoms with Gasteiger partial charge < -0.3 is 10.5 Å². The van der Waals surface area contributed by atoms with Gasteiger partial charge in [-0.15, -0.1) is 0 Å². The minimum atomic E-state index is -3.39. The van der Waals surface area contributed by atoms with Crippen molar-refractivity contribution in [2.45, 2.75) is 20.0 Å². The second-order valence-electron chi connectivity index (χ2n) is 4.21. The maximum Gasteiger partial charge on any atom is 0.236 e. The minimum Gasteiger partial charge on any atom is -0.489 e. The minimum absolute atomic E-state index is 0.0169. The van der Waals surface area contributed by atoms with Crippen LogP contribution in [0.4, 0.5) is 5.69 Å². The number of sulfonamides is 1. The summed E-state index contributed by atoms with van der Waals surface area (Å²) in [6.07, 6.45) is -0.0169. The van der Waals surface area contributed by atoms with Crippen LogP contribution in [0.3, 0.4) is 0 Å². The van der Waals surface area contributed by atoms with Crippen LogP contribution in [-0.2, 0) is 10.0 Å². The Hall–Kier alpha value is -1.27. The second-order valence-corrected chi connectivity index (χ2v) is 6.33. The summed E-state index contributed by atoms with van der Waals surface area (Å²) in [5, 5.41) is 0. The molecule has 5 nitrogen and oxygen atoms in total. The van der Waals surface area contributed by atoms with E-state index in [-0.39, 0.29) is 18.4 Å². The zero-order chi connectivity index (χ0) is 13.8. The van der Waals surface area contributed by atoms with Gasteiger partial charge in [-0.1, -0.05) is 12.1 Å². The molecule has 1 rings (SSSR count). The summed E-state index contributed by atoms with van der Waals surface area (Å²) in [5.41, 5.74) is 5.84.